The molecule has 0 aliphatic carbocycles. The number of fused-ring (bicyclic) bond motifs is 1. The number of aromatic nitrogens is 1. The van der Waals surface area contributed by atoms with Gasteiger partial charge in [0.25, 0.3) is 0 Å². The SMILES string of the molecule is COc1ccc2[nH]cc(CCNC(=O)OCCc3ccccc3F)c2c1. The molecule has 1 heterocycles. The smallest absolute Gasteiger partial charge is 0.407 e. The lowest BCUT2D eigenvalue weighted by Crippen LogP contribution is -2.27. The van der Waals surface area contributed by atoms with Crippen molar-refractivity contribution < 1.29 is 18.7 Å². The van der Waals surface area contributed by atoms with Gasteiger partial charge in [0.1, 0.15) is 11.6 Å². The minimum Gasteiger partial charge on any atom is -0.497 e. The average Bonchev–Trinajstić information content (AvgIpc) is 3.05. The van der Waals surface area contributed by atoms with Crippen molar-refractivity contribution in [2.24, 2.45) is 0 Å². The summed E-state index contributed by atoms with van der Waals surface area (Å²) in [5, 5.41) is 3.78. The zero-order valence-electron chi connectivity index (χ0n) is 14.5. The second-order valence-corrected chi connectivity index (χ2v) is 5.88. The number of hydrogen-bond donors (Lipinski definition) is 2. The van der Waals surface area contributed by atoms with Gasteiger partial charge in [0.2, 0.25) is 0 Å². The summed E-state index contributed by atoms with van der Waals surface area (Å²) < 4.78 is 23.8. The molecule has 1 aromatic heterocycles. The van der Waals surface area contributed by atoms with Crippen LogP contribution >= 0.6 is 0 Å². The molecule has 0 spiro atoms. The van der Waals surface area contributed by atoms with Crippen LogP contribution in [0.4, 0.5) is 9.18 Å². The van der Waals surface area contributed by atoms with E-state index in [4.69, 9.17) is 9.47 Å². The first-order chi connectivity index (χ1) is 12.7. The van der Waals surface area contributed by atoms with Gasteiger partial charge in [-0.3, -0.25) is 0 Å². The third-order valence-corrected chi connectivity index (χ3v) is 4.20. The maximum Gasteiger partial charge on any atom is 0.407 e. The fourth-order valence-electron chi connectivity index (χ4n) is 2.80. The highest BCUT2D eigenvalue weighted by Crippen LogP contribution is 2.23. The predicted molar refractivity (Wildman–Crippen MR) is 98.0 cm³/mol. The molecule has 136 valence electrons. The summed E-state index contributed by atoms with van der Waals surface area (Å²) in [6.07, 6.45) is 2.44. The number of hydrogen-bond acceptors (Lipinski definition) is 3. The molecular formula is C20H21FN2O3. The normalized spacial score (nSPS) is 10.7. The third kappa shape index (κ3) is 4.33. The minimum absolute atomic E-state index is 0.136. The second kappa shape index (κ2) is 8.38. The van der Waals surface area contributed by atoms with Crippen LogP contribution in [-0.4, -0.2) is 31.3 Å². The maximum absolute atomic E-state index is 13.5. The van der Waals surface area contributed by atoms with Crippen molar-refractivity contribution >= 4 is 17.0 Å². The van der Waals surface area contributed by atoms with Crippen molar-refractivity contribution in [1.82, 2.24) is 10.3 Å². The van der Waals surface area contributed by atoms with E-state index in [1.165, 1.54) is 6.07 Å². The van der Waals surface area contributed by atoms with Gasteiger partial charge in [-0.25, -0.2) is 9.18 Å². The molecule has 0 bridgehead atoms. The number of carbonyl (C=O) groups excluding carboxylic acids is 1. The number of nitrogens with one attached hydrogen (secondary N) is 2. The number of amides is 1. The van der Waals surface area contributed by atoms with Crippen molar-refractivity contribution in [3.05, 3.63) is 65.6 Å². The van der Waals surface area contributed by atoms with Crippen LogP contribution < -0.4 is 10.1 Å². The molecule has 26 heavy (non-hydrogen) atoms. The summed E-state index contributed by atoms with van der Waals surface area (Å²) in [5.41, 5.74) is 2.65. The number of methoxy groups -OCH3 is 1. The van der Waals surface area contributed by atoms with Gasteiger partial charge in [-0.05, 0) is 41.8 Å². The minimum atomic E-state index is -0.501. The van der Waals surface area contributed by atoms with Crippen LogP contribution in [0.5, 0.6) is 5.75 Å². The van der Waals surface area contributed by atoms with E-state index in [0.29, 0.717) is 24.9 Å². The summed E-state index contributed by atoms with van der Waals surface area (Å²) >= 11 is 0. The molecule has 6 heteroatoms. The Morgan fingerprint density at radius 1 is 1.15 bits per heavy atom. The third-order valence-electron chi connectivity index (χ3n) is 4.20. The summed E-state index contributed by atoms with van der Waals surface area (Å²) in [6.45, 7) is 0.583. The van der Waals surface area contributed by atoms with Crippen LogP contribution in [0.3, 0.4) is 0 Å². The predicted octanol–water partition coefficient (Wildman–Crippen LogP) is 3.83. The molecule has 0 saturated carbocycles. The average molecular weight is 356 g/mol. The topological polar surface area (TPSA) is 63.3 Å². The molecule has 0 saturated heterocycles. The van der Waals surface area contributed by atoms with E-state index in [2.05, 4.69) is 10.3 Å². The fraction of sp³-hybridized carbons (Fsp3) is 0.250. The molecule has 2 N–H and O–H groups in total. The van der Waals surface area contributed by atoms with E-state index in [-0.39, 0.29) is 12.4 Å². The quantitative estimate of drug-likeness (QED) is 0.676. The Labute approximate surface area is 151 Å². The van der Waals surface area contributed by atoms with Gasteiger partial charge >= 0.3 is 6.09 Å². The lowest BCUT2D eigenvalue weighted by molar-refractivity contribution is 0.147. The van der Waals surface area contributed by atoms with Crippen molar-refractivity contribution in [1.29, 1.82) is 0 Å². The number of benzene rings is 2. The number of ether oxygens (including phenoxy) is 2. The van der Waals surface area contributed by atoms with Crippen LogP contribution in [0.2, 0.25) is 0 Å². The molecule has 0 unspecified atom stereocenters. The molecule has 0 aliphatic rings. The van der Waals surface area contributed by atoms with Crippen molar-refractivity contribution in [2.45, 2.75) is 12.8 Å². The maximum atomic E-state index is 13.5. The fourth-order valence-corrected chi connectivity index (χ4v) is 2.80. The number of carbonyl (C=O) groups is 1. The first-order valence-corrected chi connectivity index (χ1v) is 8.45. The molecule has 2 aromatic carbocycles. The van der Waals surface area contributed by atoms with Gasteiger partial charge in [-0.2, -0.15) is 0 Å². The molecule has 0 radical (unpaired) electrons. The van der Waals surface area contributed by atoms with E-state index in [1.807, 2.05) is 24.4 Å². The summed E-state index contributed by atoms with van der Waals surface area (Å²) in [5.74, 6) is 0.505. The first-order valence-electron chi connectivity index (χ1n) is 8.45. The highest BCUT2D eigenvalue weighted by Gasteiger charge is 2.07. The Morgan fingerprint density at radius 3 is 2.81 bits per heavy atom. The Morgan fingerprint density at radius 2 is 2.00 bits per heavy atom. The number of alkyl carbamates (subject to hydrolysis) is 1. The van der Waals surface area contributed by atoms with E-state index < -0.39 is 6.09 Å². The zero-order valence-corrected chi connectivity index (χ0v) is 14.5. The van der Waals surface area contributed by atoms with Gasteiger partial charge in [0.15, 0.2) is 0 Å². The molecular weight excluding hydrogens is 335 g/mol. The van der Waals surface area contributed by atoms with E-state index in [0.717, 1.165) is 22.2 Å². The number of halogens is 1. The molecule has 0 atom stereocenters. The van der Waals surface area contributed by atoms with Gasteiger partial charge in [-0.1, -0.05) is 18.2 Å². The standard InChI is InChI=1S/C20H21FN2O3/c1-25-16-6-7-19-17(12-16)15(13-23-19)8-10-22-20(24)26-11-9-14-4-2-3-5-18(14)21/h2-7,12-13,23H,8-11H2,1H3,(H,22,24). The second-order valence-electron chi connectivity index (χ2n) is 5.88. The summed E-state index contributed by atoms with van der Waals surface area (Å²) in [7, 11) is 1.63. The van der Waals surface area contributed by atoms with Gasteiger partial charge in [-0.15, -0.1) is 0 Å². The molecule has 5 nitrogen and oxygen atoms in total. The largest absolute Gasteiger partial charge is 0.497 e. The van der Waals surface area contributed by atoms with Crippen LogP contribution in [0, 0.1) is 5.82 Å². The summed E-state index contributed by atoms with van der Waals surface area (Å²) in [4.78, 5) is 15.0. The van der Waals surface area contributed by atoms with Gasteiger partial charge < -0.3 is 19.8 Å². The van der Waals surface area contributed by atoms with E-state index in [1.54, 1.807) is 25.3 Å². The lowest BCUT2D eigenvalue weighted by Gasteiger charge is -2.07. The summed E-state index contributed by atoms with van der Waals surface area (Å²) in [6, 6.07) is 12.3. The number of H-pyrrole nitrogens is 1. The lowest BCUT2D eigenvalue weighted by atomic mass is 10.1. The molecule has 1 amide bonds. The Balaban J connectivity index is 1.44. The van der Waals surface area contributed by atoms with Gasteiger partial charge in [0, 0.05) is 30.1 Å². The Bertz CT molecular complexity index is 892. The Kier molecular flexibility index (Phi) is 5.73. The Hall–Kier alpha value is -3.02. The van der Waals surface area contributed by atoms with Crippen LogP contribution in [0.15, 0.2) is 48.7 Å². The van der Waals surface area contributed by atoms with Crippen molar-refractivity contribution in [3.63, 3.8) is 0 Å². The van der Waals surface area contributed by atoms with Crippen molar-refractivity contribution in [2.75, 3.05) is 20.3 Å². The van der Waals surface area contributed by atoms with Crippen LogP contribution in [0.1, 0.15) is 11.1 Å². The highest BCUT2D eigenvalue weighted by molar-refractivity contribution is 5.84. The molecule has 0 aliphatic heterocycles. The number of aromatic amines is 1. The molecule has 3 aromatic rings. The van der Waals surface area contributed by atoms with Gasteiger partial charge in [0.05, 0.1) is 13.7 Å². The molecule has 0 fully saturated rings. The first kappa shape index (κ1) is 17.8. The monoisotopic (exact) mass is 356 g/mol. The zero-order chi connectivity index (χ0) is 18.4. The van der Waals surface area contributed by atoms with E-state index in [9.17, 15) is 9.18 Å². The van der Waals surface area contributed by atoms with E-state index >= 15 is 0 Å². The number of rotatable bonds is 7. The van der Waals surface area contributed by atoms with Crippen LogP contribution in [-0.2, 0) is 17.6 Å². The molecule has 3 rings (SSSR count). The highest BCUT2D eigenvalue weighted by atomic mass is 19.1. The van der Waals surface area contributed by atoms with Crippen molar-refractivity contribution in [3.8, 4) is 5.75 Å². The van der Waals surface area contributed by atoms with Crippen LogP contribution in [0.25, 0.3) is 10.9 Å².